The van der Waals surface area contributed by atoms with Crippen LogP contribution in [0, 0.1) is 5.92 Å². The van der Waals surface area contributed by atoms with Crippen molar-refractivity contribution >= 4 is 17.5 Å². The quantitative estimate of drug-likeness (QED) is 0.730. The van der Waals surface area contributed by atoms with Crippen molar-refractivity contribution in [2.75, 3.05) is 44.7 Å². The minimum absolute atomic E-state index is 0.0856. The number of likely N-dealkylation sites (tertiary alicyclic amines) is 1. The molecule has 0 aromatic heterocycles. The van der Waals surface area contributed by atoms with Crippen LogP contribution in [0.25, 0.3) is 0 Å². The molecule has 2 aliphatic rings. The normalized spacial score (nSPS) is 18.9. The first-order valence-corrected chi connectivity index (χ1v) is 10.2. The number of amides is 2. The molecule has 2 fully saturated rings. The molecule has 2 saturated heterocycles. The Labute approximate surface area is 162 Å². The number of piperidine rings is 1. The molecule has 1 aromatic carbocycles. The van der Waals surface area contributed by atoms with E-state index in [9.17, 15) is 9.59 Å². The average Bonchev–Trinajstić information content (AvgIpc) is 3.12. The van der Waals surface area contributed by atoms with Crippen LogP contribution in [0.15, 0.2) is 24.3 Å². The summed E-state index contributed by atoms with van der Waals surface area (Å²) in [4.78, 5) is 28.1. The highest BCUT2D eigenvalue weighted by Gasteiger charge is 2.22. The number of hydrogen-bond acceptors (Lipinski definition) is 4. The lowest BCUT2D eigenvalue weighted by atomic mass is 9.93. The van der Waals surface area contributed by atoms with Crippen LogP contribution >= 0.6 is 0 Å². The molecule has 2 N–H and O–H groups in total. The van der Waals surface area contributed by atoms with Gasteiger partial charge in [-0.2, -0.15) is 0 Å². The molecule has 0 unspecified atom stereocenters. The first-order valence-electron chi connectivity index (χ1n) is 10.2. The molecular formula is C21H32N4O2. The number of carbonyl (C=O) groups is 2. The third-order valence-electron chi connectivity index (χ3n) is 5.69. The third-order valence-corrected chi connectivity index (χ3v) is 5.69. The van der Waals surface area contributed by atoms with Gasteiger partial charge in [-0.05, 0) is 76.0 Å². The SMILES string of the molecule is CNCCC1CCN(CC(=O)NCc2ccc(N3CCCC3=O)cc2)CC1. The van der Waals surface area contributed by atoms with E-state index in [0.29, 0.717) is 19.5 Å². The molecule has 0 spiro atoms. The second-order valence-corrected chi connectivity index (χ2v) is 7.70. The van der Waals surface area contributed by atoms with Crippen LogP contribution in [0.1, 0.15) is 37.7 Å². The summed E-state index contributed by atoms with van der Waals surface area (Å²) in [6, 6.07) is 7.93. The Morgan fingerprint density at radius 3 is 2.52 bits per heavy atom. The lowest BCUT2D eigenvalue weighted by Gasteiger charge is -2.31. The van der Waals surface area contributed by atoms with Gasteiger partial charge in [-0.25, -0.2) is 0 Å². The van der Waals surface area contributed by atoms with Gasteiger partial charge in [0.25, 0.3) is 0 Å². The van der Waals surface area contributed by atoms with E-state index >= 15 is 0 Å². The Bertz CT molecular complexity index is 624. The van der Waals surface area contributed by atoms with Gasteiger partial charge in [0.1, 0.15) is 0 Å². The highest BCUT2D eigenvalue weighted by Crippen LogP contribution is 2.22. The fourth-order valence-corrected chi connectivity index (χ4v) is 3.96. The molecule has 2 amide bonds. The fraction of sp³-hybridized carbons (Fsp3) is 0.619. The number of carbonyl (C=O) groups excluding carboxylic acids is 2. The monoisotopic (exact) mass is 372 g/mol. The first-order chi connectivity index (χ1) is 13.2. The van der Waals surface area contributed by atoms with Crippen LogP contribution < -0.4 is 15.5 Å². The van der Waals surface area contributed by atoms with Crippen molar-refractivity contribution in [3.63, 3.8) is 0 Å². The second-order valence-electron chi connectivity index (χ2n) is 7.70. The molecule has 148 valence electrons. The van der Waals surface area contributed by atoms with Crippen LogP contribution in [0.3, 0.4) is 0 Å². The molecule has 1 aromatic rings. The van der Waals surface area contributed by atoms with E-state index < -0.39 is 0 Å². The zero-order valence-corrected chi connectivity index (χ0v) is 16.4. The van der Waals surface area contributed by atoms with Crippen molar-refractivity contribution in [2.45, 2.75) is 38.6 Å². The zero-order chi connectivity index (χ0) is 19.1. The van der Waals surface area contributed by atoms with Crippen molar-refractivity contribution in [1.82, 2.24) is 15.5 Å². The Hall–Kier alpha value is -1.92. The lowest BCUT2D eigenvalue weighted by Crippen LogP contribution is -2.41. The van der Waals surface area contributed by atoms with E-state index in [1.54, 1.807) is 0 Å². The van der Waals surface area contributed by atoms with Crippen molar-refractivity contribution in [3.05, 3.63) is 29.8 Å². The summed E-state index contributed by atoms with van der Waals surface area (Å²) in [6.45, 7) is 4.93. The van der Waals surface area contributed by atoms with Crippen LogP contribution in [0.4, 0.5) is 5.69 Å². The van der Waals surface area contributed by atoms with Gasteiger partial charge in [-0.1, -0.05) is 12.1 Å². The predicted octanol–water partition coefficient (Wildman–Crippen LogP) is 1.75. The number of anilines is 1. The van der Waals surface area contributed by atoms with Crippen molar-refractivity contribution in [3.8, 4) is 0 Å². The average molecular weight is 373 g/mol. The van der Waals surface area contributed by atoms with Gasteiger partial charge in [0.15, 0.2) is 0 Å². The van der Waals surface area contributed by atoms with Crippen LogP contribution in [-0.4, -0.2) is 56.5 Å². The highest BCUT2D eigenvalue weighted by atomic mass is 16.2. The summed E-state index contributed by atoms with van der Waals surface area (Å²) in [5, 5.41) is 6.23. The summed E-state index contributed by atoms with van der Waals surface area (Å²) in [5.74, 6) is 1.08. The molecule has 6 heteroatoms. The molecule has 0 aliphatic carbocycles. The van der Waals surface area contributed by atoms with Gasteiger partial charge in [-0.15, -0.1) is 0 Å². The largest absolute Gasteiger partial charge is 0.351 e. The van der Waals surface area contributed by atoms with Crippen LogP contribution in [-0.2, 0) is 16.1 Å². The number of hydrogen-bond donors (Lipinski definition) is 2. The lowest BCUT2D eigenvalue weighted by molar-refractivity contribution is -0.122. The number of rotatable bonds is 8. The molecule has 0 bridgehead atoms. The van der Waals surface area contributed by atoms with E-state index in [-0.39, 0.29) is 11.8 Å². The van der Waals surface area contributed by atoms with Crippen LogP contribution in [0.5, 0.6) is 0 Å². The summed E-state index contributed by atoms with van der Waals surface area (Å²) in [7, 11) is 2.00. The standard InChI is InChI=1S/C21H32N4O2/c1-22-11-8-17-9-13-24(14-10-17)16-20(26)23-15-18-4-6-19(7-5-18)25-12-2-3-21(25)27/h4-7,17,22H,2-3,8-16H2,1H3,(H,23,26). The van der Waals surface area contributed by atoms with E-state index in [4.69, 9.17) is 0 Å². The Kier molecular flexibility index (Phi) is 7.24. The van der Waals surface area contributed by atoms with Crippen molar-refractivity contribution < 1.29 is 9.59 Å². The van der Waals surface area contributed by atoms with Gasteiger partial charge >= 0.3 is 0 Å². The van der Waals surface area contributed by atoms with Gasteiger partial charge in [-0.3, -0.25) is 14.5 Å². The van der Waals surface area contributed by atoms with E-state index in [1.807, 2.05) is 36.2 Å². The van der Waals surface area contributed by atoms with Gasteiger partial charge in [0, 0.05) is 25.2 Å². The molecular weight excluding hydrogens is 340 g/mol. The van der Waals surface area contributed by atoms with Gasteiger partial charge < -0.3 is 15.5 Å². The summed E-state index contributed by atoms with van der Waals surface area (Å²) in [5.41, 5.74) is 2.01. The summed E-state index contributed by atoms with van der Waals surface area (Å²) in [6.07, 6.45) is 5.18. The topological polar surface area (TPSA) is 64.7 Å². The molecule has 3 rings (SSSR count). The smallest absolute Gasteiger partial charge is 0.234 e. The molecule has 27 heavy (non-hydrogen) atoms. The number of nitrogens with zero attached hydrogens (tertiary/aromatic N) is 2. The van der Waals surface area contributed by atoms with Gasteiger partial charge in [0.2, 0.25) is 11.8 Å². The summed E-state index contributed by atoms with van der Waals surface area (Å²) < 4.78 is 0. The maximum atomic E-state index is 12.2. The maximum Gasteiger partial charge on any atom is 0.234 e. The molecule has 0 radical (unpaired) electrons. The minimum atomic E-state index is 0.0856. The molecule has 0 saturated carbocycles. The number of nitrogens with one attached hydrogen (secondary N) is 2. The molecule has 2 heterocycles. The zero-order valence-electron chi connectivity index (χ0n) is 16.4. The third kappa shape index (κ3) is 5.78. The van der Waals surface area contributed by atoms with E-state index in [0.717, 1.165) is 49.8 Å². The van der Waals surface area contributed by atoms with E-state index in [1.165, 1.54) is 19.3 Å². The maximum absolute atomic E-state index is 12.2. The van der Waals surface area contributed by atoms with E-state index in [2.05, 4.69) is 15.5 Å². The Balaban J connectivity index is 1.37. The van der Waals surface area contributed by atoms with Crippen molar-refractivity contribution in [2.24, 2.45) is 5.92 Å². The summed E-state index contributed by atoms with van der Waals surface area (Å²) >= 11 is 0. The predicted molar refractivity (Wildman–Crippen MR) is 108 cm³/mol. The highest BCUT2D eigenvalue weighted by molar-refractivity contribution is 5.95. The molecule has 6 nitrogen and oxygen atoms in total. The van der Waals surface area contributed by atoms with Crippen LogP contribution in [0.2, 0.25) is 0 Å². The Morgan fingerprint density at radius 2 is 1.89 bits per heavy atom. The fourth-order valence-electron chi connectivity index (χ4n) is 3.96. The minimum Gasteiger partial charge on any atom is -0.351 e. The molecule has 2 aliphatic heterocycles. The second kappa shape index (κ2) is 9.85. The molecule has 0 atom stereocenters. The van der Waals surface area contributed by atoms with Gasteiger partial charge in [0.05, 0.1) is 6.54 Å². The van der Waals surface area contributed by atoms with Crippen molar-refractivity contribution in [1.29, 1.82) is 0 Å². The Morgan fingerprint density at radius 1 is 1.15 bits per heavy atom. The first kappa shape index (κ1) is 19.8. The number of benzene rings is 1.